The molecule has 3 N–H and O–H groups in total. The van der Waals surface area contributed by atoms with Gasteiger partial charge in [0.05, 0.1) is 36.7 Å². The first-order valence-corrected chi connectivity index (χ1v) is 12.1. The van der Waals surface area contributed by atoms with Crippen LogP contribution in [-0.4, -0.2) is 54.9 Å². The van der Waals surface area contributed by atoms with Crippen molar-refractivity contribution in [2.75, 3.05) is 19.0 Å². The number of anilines is 1. The van der Waals surface area contributed by atoms with Gasteiger partial charge in [0, 0.05) is 23.9 Å². The standard InChI is InChI=1S/C25H27ClFN7O4/c1-13(2)30-25-28-9-19(26)22(32-25)16-7-21-24(37)33(12-29-34(21)10-16)14(3)23(36)31-20(11-35)15-5-17(27)8-18(6-15)38-4/h5-10,12-14,20,35H,11H2,1-4H3,(H,31,36)(H,28,30,32). The number of aliphatic hydroxyl groups is 1. The Morgan fingerprint density at radius 3 is 2.68 bits per heavy atom. The van der Waals surface area contributed by atoms with Crippen LogP contribution in [0.5, 0.6) is 5.75 Å². The van der Waals surface area contributed by atoms with Gasteiger partial charge in [-0.1, -0.05) is 11.6 Å². The molecule has 3 heterocycles. The summed E-state index contributed by atoms with van der Waals surface area (Å²) >= 11 is 6.33. The molecule has 0 aliphatic heterocycles. The zero-order valence-corrected chi connectivity index (χ0v) is 21.9. The number of ether oxygens (including phenoxy) is 1. The summed E-state index contributed by atoms with van der Waals surface area (Å²) in [5.74, 6) is -0.521. The summed E-state index contributed by atoms with van der Waals surface area (Å²) in [6.07, 6.45) is 4.33. The highest BCUT2D eigenvalue weighted by molar-refractivity contribution is 6.32. The third-order valence-electron chi connectivity index (χ3n) is 5.82. The number of methoxy groups -OCH3 is 1. The largest absolute Gasteiger partial charge is 0.497 e. The highest BCUT2D eigenvalue weighted by atomic mass is 35.5. The van der Waals surface area contributed by atoms with Crippen LogP contribution in [0.4, 0.5) is 10.3 Å². The molecule has 0 spiro atoms. The molecule has 2 atom stereocenters. The van der Waals surface area contributed by atoms with Crippen LogP contribution >= 0.6 is 11.6 Å². The minimum Gasteiger partial charge on any atom is -0.497 e. The molecule has 2 unspecified atom stereocenters. The lowest BCUT2D eigenvalue weighted by molar-refractivity contribution is -0.125. The SMILES string of the molecule is COc1cc(F)cc(C(CO)NC(=O)C(C)n2cnn3cc(-c4nc(NC(C)C)ncc4Cl)cc3c2=O)c1. The molecule has 13 heteroatoms. The van der Waals surface area contributed by atoms with E-state index in [0.717, 1.165) is 0 Å². The maximum absolute atomic E-state index is 14.0. The quantitative estimate of drug-likeness (QED) is 0.293. The molecule has 1 amide bonds. The Balaban J connectivity index is 1.62. The zero-order valence-electron chi connectivity index (χ0n) is 21.1. The number of benzene rings is 1. The van der Waals surface area contributed by atoms with Gasteiger partial charge >= 0.3 is 0 Å². The molecule has 0 aliphatic rings. The van der Waals surface area contributed by atoms with Gasteiger partial charge in [0.25, 0.3) is 5.56 Å². The highest BCUT2D eigenvalue weighted by Gasteiger charge is 2.23. The van der Waals surface area contributed by atoms with Crippen molar-refractivity contribution in [3.8, 4) is 17.0 Å². The molecule has 4 rings (SSSR count). The molecule has 0 saturated carbocycles. The second-order valence-corrected chi connectivity index (χ2v) is 9.34. The normalized spacial score (nSPS) is 12.9. The number of aromatic nitrogens is 5. The second kappa shape index (κ2) is 11.2. The number of carbonyl (C=O) groups excluding carboxylic acids is 1. The van der Waals surface area contributed by atoms with Gasteiger partial charge in [0.2, 0.25) is 11.9 Å². The van der Waals surface area contributed by atoms with Crippen LogP contribution in [-0.2, 0) is 4.79 Å². The van der Waals surface area contributed by atoms with E-state index in [-0.39, 0.29) is 17.3 Å². The van der Waals surface area contributed by atoms with Crippen LogP contribution in [0.1, 0.15) is 38.4 Å². The van der Waals surface area contributed by atoms with Crippen LogP contribution in [0.15, 0.2) is 47.8 Å². The van der Waals surface area contributed by atoms with Crippen molar-refractivity contribution in [3.05, 3.63) is 69.7 Å². The number of nitrogens with one attached hydrogen (secondary N) is 2. The number of nitrogens with zero attached hydrogens (tertiary/aromatic N) is 5. The van der Waals surface area contributed by atoms with E-state index < -0.39 is 36.0 Å². The van der Waals surface area contributed by atoms with Crippen molar-refractivity contribution in [1.29, 1.82) is 0 Å². The maximum atomic E-state index is 14.0. The molecule has 200 valence electrons. The average molecular weight is 544 g/mol. The van der Waals surface area contributed by atoms with E-state index in [2.05, 4.69) is 25.7 Å². The third-order valence-corrected chi connectivity index (χ3v) is 6.09. The summed E-state index contributed by atoms with van der Waals surface area (Å²) in [7, 11) is 1.38. The molecule has 1 aromatic carbocycles. The first kappa shape index (κ1) is 27.0. The van der Waals surface area contributed by atoms with Crippen LogP contribution in [0, 0.1) is 5.82 Å². The van der Waals surface area contributed by atoms with E-state index in [0.29, 0.717) is 27.8 Å². The Morgan fingerprint density at radius 1 is 1.24 bits per heavy atom. The fourth-order valence-corrected chi connectivity index (χ4v) is 4.06. The van der Waals surface area contributed by atoms with E-state index in [9.17, 15) is 19.1 Å². The van der Waals surface area contributed by atoms with Crippen LogP contribution < -0.4 is 20.9 Å². The fourth-order valence-electron chi connectivity index (χ4n) is 3.86. The Bertz CT molecular complexity index is 1540. The van der Waals surface area contributed by atoms with Crippen LogP contribution in [0.25, 0.3) is 16.8 Å². The number of carbonyl (C=O) groups is 1. The second-order valence-electron chi connectivity index (χ2n) is 8.94. The number of amides is 1. The first-order chi connectivity index (χ1) is 18.1. The third kappa shape index (κ3) is 5.60. The number of halogens is 2. The number of fused-ring (bicyclic) bond motifs is 1. The van der Waals surface area contributed by atoms with Gasteiger partial charge in [-0.15, -0.1) is 0 Å². The van der Waals surface area contributed by atoms with Gasteiger partial charge in [0.15, 0.2) is 0 Å². The summed E-state index contributed by atoms with van der Waals surface area (Å²) in [6, 6.07) is 3.66. The minimum atomic E-state index is -0.993. The van der Waals surface area contributed by atoms with Gasteiger partial charge in [-0.05, 0) is 44.5 Å². The molecule has 0 saturated heterocycles. The average Bonchev–Trinajstić information content (AvgIpc) is 3.32. The smallest absolute Gasteiger partial charge is 0.278 e. The van der Waals surface area contributed by atoms with Gasteiger partial charge < -0.3 is 20.5 Å². The van der Waals surface area contributed by atoms with Crippen molar-refractivity contribution < 1.29 is 19.0 Å². The van der Waals surface area contributed by atoms with Crippen LogP contribution in [0.3, 0.4) is 0 Å². The molecular formula is C25H27ClFN7O4. The molecule has 4 aromatic rings. The van der Waals surface area contributed by atoms with Gasteiger partial charge in [0.1, 0.15) is 29.5 Å². The summed E-state index contributed by atoms with van der Waals surface area (Å²) in [4.78, 5) is 34.9. The predicted octanol–water partition coefficient (Wildman–Crippen LogP) is 2.99. The molecular weight excluding hydrogens is 517 g/mol. The summed E-state index contributed by atoms with van der Waals surface area (Å²) < 4.78 is 21.6. The van der Waals surface area contributed by atoms with Crippen molar-refractivity contribution in [2.24, 2.45) is 0 Å². The number of rotatable bonds is 9. The van der Waals surface area contributed by atoms with Crippen molar-refractivity contribution in [2.45, 2.75) is 38.9 Å². The Morgan fingerprint density at radius 2 is 2.00 bits per heavy atom. The van der Waals surface area contributed by atoms with E-state index in [4.69, 9.17) is 16.3 Å². The first-order valence-electron chi connectivity index (χ1n) is 11.8. The van der Waals surface area contributed by atoms with Gasteiger partial charge in [-0.2, -0.15) is 5.10 Å². The number of aliphatic hydroxyl groups excluding tert-OH is 1. The summed E-state index contributed by atoms with van der Waals surface area (Å²) in [5, 5.41) is 20.2. The van der Waals surface area contributed by atoms with E-state index in [1.807, 2.05) is 13.8 Å². The molecule has 3 aromatic heterocycles. The Hall–Kier alpha value is -4.03. The Kier molecular flexibility index (Phi) is 7.93. The lowest BCUT2D eigenvalue weighted by atomic mass is 10.1. The van der Waals surface area contributed by atoms with Crippen molar-refractivity contribution in [1.82, 2.24) is 29.5 Å². The van der Waals surface area contributed by atoms with Crippen LogP contribution in [0.2, 0.25) is 5.02 Å². The minimum absolute atomic E-state index is 0.104. The lowest BCUT2D eigenvalue weighted by Gasteiger charge is -2.21. The molecule has 38 heavy (non-hydrogen) atoms. The predicted molar refractivity (Wildman–Crippen MR) is 140 cm³/mol. The van der Waals surface area contributed by atoms with E-state index in [1.165, 1.54) is 53.8 Å². The zero-order chi connectivity index (χ0) is 27.6. The molecule has 0 fully saturated rings. The molecule has 0 radical (unpaired) electrons. The lowest BCUT2D eigenvalue weighted by Crippen LogP contribution is -2.39. The van der Waals surface area contributed by atoms with Gasteiger partial charge in [-0.25, -0.2) is 18.9 Å². The summed E-state index contributed by atoms with van der Waals surface area (Å²) in [6.45, 7) is 4.93. The van der Waals surface area contributed by atoms with E-state index >= 15 is 0 Å². The van der Waals surface area contributed by atoms with E-state index in [1.54, 1.807) is 12.3 Å². The molecule has 11 nitrogen and oxygen atoms in total. The Labute approximate surface area is 222 Å². The summed E-state index contributed by atoms with van der Waals surface area (Å²) in [5.41, 5.74) is 0.999. The number of hydrogen-bond donors (Lipinski definition) is 3. The van der Waals surface area contributed by atoms with Crippen molar-refractivity contribution in [3.63, 3.8) is 0 Å². The van der Waals surface area contributed by atoms with Gasteiger partial charge in [-0.3, -0.25) is 14.2 Å². The number of hydrogen-bond acceptors (Lipinski definition) is 8. The topological polar surface area (TPSA) is 136 Å². The van der Waals surface area contributed by atoms with Crippen molar-refractivity contribution >= 4 is 29.0 Å². The molecule has 0 bridgehead atoms. The fraction of sp³-hybridized carbons (Fsp3) is 0.320. The maximum Gasteiger partial charge on any atom is 0.278 e. The highest BCUT2D eigenvalue weighted by Crippen LogP contribution is 2.27. The monoisotopic (exact) mass is 543 g/mol. The molecule has 0 aliphatic carbocycles.